The molecule has 1 amide bonds. The highest BCUT2D eigenvalue weighted by molar-refractivity contribution is 5.78. The monoisotopic (exact) mass is 333 g/mol. The number of piperidine rings is 1. The molecule has 3 rings (SSSR count). The van der Waals surface area contributed by atoms with Gasteiger partial charge in [-0.3, -0.25) is 4.79 Å². The first-order chi connectivity index (χ1) is 11.5. The minimum atomic E-state index is -0.554. The third-order valence-electron chi connectivity index (χ3n) is 4.52. The molecule has 0 radical (unpaired) electrons. The molecule has 1 atom stereocenters. The van der Waals surface area contributed by atoms with Crippen LogP contribution in [0.2, 0.25) is 0 Å². The maximum Gasteiger partial charge on any atom is 0.434 e. The number of amides is 1. The zero-order valence-electron chi connectivity index (χ0n) is 13.5. The van der Waals surface area contributed by atoms with Gasteiger partial charge in [0.1, 0.15) is 5.82 Å². The van der Waals surface area contributed by atoms with Gasteiger partial charge in [0.15, 0.2) is 0 Å². The van der Waals surface area contributed by atoms with Crippen molar-refractivity contribution in [2.75, 3.05) is 13.1 Å². The molecule has 1 N–H and O–H groups in total. The molecule has 2 heterocycles. The van der Waals surface area contributed by atoms with Crippen LogP contribution in [0, 0.1) is 11.7 Å². The lowest BCUT2D eigenvalue weighted by Crippen LogP contribution is -2.41. The molecule has 1 aliphatic heterocycles. The number of aromatic nitrogens is 2. The van der Waals surface area contributed by atoms with Gasteiger partial charge in [0.05, 0.1) is 0 Å². The van der Waals surface area contributed by atoms with Crippen LogP contribution in [0.25, 0.3) is 0 Å². The van der Waals surface area contributed by atoms with Gasteiger partial charge in [-0.25, -0.2) is 14.3 Å². The van der Waals surface area contributed by atoms with Crippen molar-refractivity contribution < 1.29 is 13.6 Å². The van der Waals surface area contributed by atoms with Crippen molar-refractivity contribution in [2.45, 2.75) is 32.1 Å². The van der Waals surface area contributed by atoms with Crippen LogP contribution in [0.15, 0.2) is 33.5 Å². The molecule has 1 aromatic heterocycles. The molecule has 7 heteroatoms. The summed E-state index contributed by atoms with van der Waals surface area (Å²) in [5, 5.41) is 6.12. The van der Waals surface area contributed by atoms with Crippen molar-refractivity contribution in [2.24, 2.45) is 5.92 Å². The van der Waals surface area contributed by atoms with Crippen LogP contribution in [0.3, 0.4) is 0 Å². The van der Waals surface area contributed by atoms with Gasteiger partial charge >= 0.3 is 5.76 Å². The number of halogens is 1. The smallest absolute Gasteiger partial charge is 0.392 e. The number of aromatic amines is 1. The highest BCUT2D eigenvalue weighted by atomic mass is 19.1. The fourth-order valence-electron chi connectivity index (χ4n) is 3.16. The van der Waals surface area contributed by atoms with E-state index in [1.807, 2.05) is 6.92 Å². The number of hydrogen-bond donors (Lipinski definition) is 1. The Morgan fingerprint density at radius 3 is 2.75 bits per heavy atom. The molecular formula is C17H20FN3O3. The van der Waals surface area contributed by atoms with Gasteiger partial charge in [-0.1, -0.05) is 25.1 Å². The van der Waals surface area contributed by atoms with Gasteiger partial charge in [0.25, 0.3) is 0 Å². The van der Waals surface area contributed by atoms with E-state index in [1.165, 1.54) is 6.07 Å². The number of rotatable bonds is 4. The topological polar surface area (TPSA) is 79.2 Å². The predicted octanol–water partition coefficient (Wildman–Crippen LogP) is 2.09. The standard InChI is InChI=1S/C17H20FN3O3/c1-11(10-13-4-2-3-5-14(13)18)16(22)21-8-6-12(7-9-21)15-19-20-17(23)24-15/h2-5,11-12H,6-10H2,1H3,(H,20,23). The van der Waals surface area contributed by atoms with Crippen LogP contribution in [0.1, 0.15) is 37.1 Å². The molecule has 0 saturated carbocycles. The number of benzene rings is 1. The van der Waals surface area contributed by atoms with Crippen molar-refractivity contribution in [3.8, 4) is 0 Å². The molecular weight excluding hydrogens is 313 g/mol. The van der Waals surface area contributed by atoms with Crippen LogP contribution < -0.4 is 5.76 Å². The third kappa shape index (κ3) is 3.55. The van der Waals surface area contributed by atoms with Crippen LogP contribution >= 0.6 is 0 Å². The second-order valence-electron chi connectivity index (χ2n) is 6.25. The molecule has 1 fully saturated rings. The average Bonchev–Trinajstić information content (AvgIpc) is 3.03. The van der Waals surface area contributed by atoms with Crippen molar-refractivity contribution in [1.82, 2.24) is 15.1 Å². The first kappa shape index (κ1) is 16.4. The van der Waals surface area contributed by atoms with Gasteiger partial charge in [-0.2, -0.15) is 0 Å². The summed E-state index contributed by atoms with van der Waals surface area (Å²) < 4.78 is 18.7. The fourth-order valence-corrected chi connectivity index (χ4v) is 3.16. The van der Waals surface area contributed by atoms with Crippen LogP contribution in [0.5, 0.6) is 0 Å². The van der Waals surface area contributed by atoms with Crippen LogP contribution in [-0.4, -0.2) is 34.1 Å². The maximum atomic E-state index is 13.7. The number of hydrogen-bond acceptors (Lipinski definition) is 4. The summed E-state index contributed by atoms with van der Waals surface area (Å²) in [6.45, 7) is 3.00. The highest BCUT2D eigenvalue weighted by Crippen LogP contribution is 2.27. The molecule has 6 nitrogen and oxygen atoms in total. The normalized spacial score (nSPS) is 17.0. The summed E-state index contributed by atoms with van der Waals surface area (Å²) in [7, 11) is 0. The number of nitrogens with zero attached hydrogens (tertiary/aromatic N) is 2. The van der Waals surface area contributed by atoms with Crippen molar-refractivity contribution in [3.05, 3.63) is 52.1 Å². The minimum Gasteiger partial charge on any atom is -0.392 e. The average molecular weight is 333 g/mol. The second-order valence-corrected chi connectivity index (χ2v) is 6.25. The van der Waals surface area contributed by atoms with E-state index in [-0.39, 0.29) is 23.6 Å². The lowest BCUT2D eigenvalue weighted by molar-refractivity contribution is -0.136. The molecule has 2 aromatic rings. The molecule has 24 heavy (non-hydrogen) atoms. The van der Waals surface area contributed by atoms with E-state index < -0.39 is 5.76 Å². The van der Waals surface area contributed by atoms with E-state index in [4.69, 9.17) is 4.42 Å². The lowest BCUT2D eigenvalue weighted by atomic mass is 9.94. The van der Waals surface area contributed by atoms with Gasteiger partial charge in [-0.15, -0.1) is 5.10 Å². The number of nitrogens with one attached hydrogen (secondary N) is 1. The second kappa shape index (κ2) is 6.98. The molecule has 0 spiro atoms. The number of carbonyl (C=O) groups excluding carboxylic acids is 1. The quantitative estimate of drug-likeness (QED) is 0.929. The van der Waals surface area contributed by atoms with E-state index in [2.05, 4.69) is 10.2 Å². The molecule has 1 aliphatic rings. The Morgan fingerprint density at radius 2 is 2.12 bits per heavy atom. The molecule has 128 valence electrons. The van der Waals surface area contributed by atoms with Gasteiger partial charge in [-0.05, 0) is 30.9 Å². The molecule has 0 bridgehead atoms. The van der Waals surface area contributed by atoms with Crippen molar-refractivity contribution >= 4 is 5.91 Å². The maximum absolute atomic E-state index is 13.7. The lowest BCUT2D eigenvalue weighted by Gasteiger charge is -2.32. The number of H-pyrrole nitrogens is 1. The Kier molecular flexibility index (Phi) is 4.78. The minimum absolute atomic E-state index is 0.0279. The third-order valence-corrected chi connectivity index (χ3v) is 4.52. The summed E-state index contributed by atoms with van der Waals surface area (Å²) in [5.74, 6) is -0.616. The first-order valence-corrected chi connectivity index (χ1v) is 8.12. The summed E-state index contributed by atoms with van der Waals surface area (Å²) in [6.07, 6.45) is 1.79. The SMILES string of the molecule is CC(Cc1ccccc1F)C(=O)N1CCC(c2n[nH]c(=O)o2)CC1. The summed E-state index contributed by atoms with van der Waals surface area (Å²) in [4.78, 5) is 25.4. The Balaban J connectivity index is 1.56. The van der Waals surface area contributed by atoms with Crippen molar-refractivity contribution in [3.63, 3.8) is 0 Å². The van der Waals surface area contributed by atoms with Gasteiger partial charge < -0.3 is 9.32 Å². The predicted molar refractivity (Wildman–Crippen MR) is 84.9 cm³/mol. The fraction of sp³-hybridized carbons (Fsp3) is 0.471. The Morgan fingerprint density at radius 1 is 1.42 bits per heavy atom. The van der Waals surface area contributed by atoms with E-state index in [0.717, 1.165) is 0 Å². The van der Waals surface area contributed by atoms with E-state index >= 15 is 0 Å². The van der Waals surface area contributed by atoms with E-state index in [9.17, 15) is 14.0 Å². The van der Waals surface area contributed by atoms with Crippen LogP contribution in [0.4, 0.5) is 4.39 Å². The Hall–Kier alpha value is -2.44. The molecule has 0 aliphatic carbocycles. The van der Waals surface area contributed by atoms with Gasteiger partial charge in [0.2, 0.25) is 11.8 Å². The molecule has 1 unspecified atom stereocenters. The van der Waals surface area contributed by atoms with E-state index in [0.29, 0.717) is 43.8 Å². The van der Waals surface area contributed by atoms with Crippen LogP contribution in [-0.2, 0) is 11.2 Å². The molecule has 1 saturated heterocycles. The number of likely N-dealkylation sites (tertiary alicyclic amines) is 1. The zero-order chi connectivity index (χ0) is 17.1. The number of carbonyl (C=O) groups is 1. The summed E-state index contributed by atoms with van der Waals surface area (Å²) in [5.41, 5.74) is 0.562. The molecule has 1 aromatic carbocycles. The van der Waals surface area contributed by atoms with E-state index in [1.54, 1.807) is 23.1 Å². The largest absolute Gasteiger partial charge is 0.434 e. The Bertz CT molecular complexity index is 762. The highest BCUT2D eigenvalue weighted by Gasteiger charge is 2.29. The van der Waals surface area contributed by atoms with Crippen molar-refractivity contribution in [1.29, 1.82) is 0 Å². The summed E-state index contributed by atoms with van der Waals surface area (Å²) in [6, 6.07) is 6.54. The first-order valence-electron chi connectivity index (χ1n) is 8.12. The zero-order valence-corrected chi connectivity index (χ0v) is 13.5. The van der Waals surface area contributed by atoms with Gasteiger partial charge in [0, 0.05) is 24.9 Å². The Labute approximate surface area is 138 Å². The summed E-state index contributed by atoms with van der Waals surface area (Å²) >= 11 is 0.